The van der Waals surface area contributed by atoms with E-state index in [1.54, 1.807) is 0 Å². The third kappa shape index (κ3) is 4.00. The number of rotatable bonds is 7. The molecule has 0 radical (unpaired) electrons. The van der Waals surface area contributed by atoms with Crippen LogP contribution in [0.4, 0.5) is 0 Å². The molecule has 0 amide bonds. The van der Waals surface area contributed by atoms with Gasteiger partial charge in [-0.15, -0.1) is 0 Å². The Kier molecular flexibility index (Phi) is 6.26. The molecule has 0 aliphatic heterocycles. The Morgan fingerprint density at radius 3 is 1.33 bits per heavy atom. The van der Waals surface area contributed by atoms with Gasteiger partial charge >= 0.3 is 8.32 Å². The molecule has 4 aromatic rings. The molecule has 0 saturated carbocycles. The van der Waals surface area contributed by atoms with E-state index in [0.717, 1.165) is 17.7 Å². The Morgan fingerprint density at radius 2 is 0.967 bits per heavy atom. The third-order valence-corrected chi connectivity index (χ3v) is 9.22. The zero-order valence-corrected chi connectivity index (χ0v) is 18.2. The van der Waals surface area contributed by atoms with Crippen molar-refractivity contribution in [1.29, 1.82) is 0 Å². The molecule has 0 fully saturated rings. The quantitative estimate of drug-likeness (QED) is 0.235. The number of benzene rings is 4. The Balaban J connectivity index is 1.98. The lowest BCUT2D eigenvalue weighted by Gasteiger charge is -2.34. The van der Waals surface area contributed by atoms with Crippen molar-refractivity contribution in [3.05, 3.63) is 133 Å². The maximum Gasteiger partial charge on any atom is 0.346 e. The van der Waals surface area contributed by atoms with Gasteiger partial charge in [0.25, 0.3) is 0 Å². The van der Waals surface area contributed by atoms with Gasteiger partial charge in [-0.3, -0.25) is 0 Å². The minimum absolute atomic E-state index is 0.910. The Hall–Kier alpha value is -3.36. The average Bonchev–Trinajstić information content (AvgIpc) is 2.84. The van der Waals surface area contributed by atoms with Gasteiger partial charge in [0, 0.05) is 5.56 Å². The van der Waals surface area contributed by atoms with Crippen LogP contribution in [0.1, 0.15) is 18.9 Å². The lowest BCUT2D eigenvalue weighted by Crippen LogP contribution is -2.69. The molecule has 0 aliphatic carbocycles. The van der Waals surface area contributed by atoms with Crippen LogP contribution in [0.25, 0.3) is 5.76 Å². The molecule has 0 aromatic heterocycles. The van der Waals surface area contributed by atoms with Gasteiger partial charge in [0.15, 0.2) is 0 Å². The SMILES string of the molecule is CC/C=C(\O[Si](c1ccccc1)(c1ccccc1)c1ccccc1)c1ccccc1. The monoisotopic (exact) mass is 406 g/mol. The molecular formula is C28H26OSi. The summed E-state index contributed by atoms with van der Waals surface area (Å²) in [4.78, 5) is 0. The molecule has 0 aliphatic rings. The fourth-order valence-electron chi connectivity index (χ4n) is 3.87. The van der Waals surface area contributed by atoms with Crippen LogP contribution < -0.4 is 15.6 Å². The number of hydrogen-bond donors (Lipinski definition) is 0. The highest BCUT2D eigenvalue weighted by Gasteiger charge is 2.44. The van der Waals surface area contributed by atoms with E-state index in [1.165, 1.54) is 15.6 Å². The number of hydrogen-bond acceptors (Lipinski definition) is 1. The van der Waals surface area contributed by atoms with E-state index in [-0.39, 0.29) is 0 Å². The normalized spacial score (nSPS) is 11.8. The molecule has 148 valence electrons. The smallest absolute Gasteiger partial charge is 0.346 e. The summed E-state index contributed by atoms with van der Waals surface area (Å²) in [5.41, 5.74) is 1.11. The van der Waals surface area contributed by atoms with Crippen LogP contribution in [-0.4, -0.2) is 8.32 Å². The molecule has 0 N–H and O–H groups in total. The van der Waals surface area contributed by atoms with E-state index in [2.05, 4.69) is 128 Å². The van der Waals surface area contributed by atoms with Crippen molar-refractivity contribution in [3.8, 4) is 0 Å². The van der Waals surface area contributed by atoms with Crippen LogP contribution in [0, 0.1) is 0 Å². The fraction of sp³-hybridized carbons (Fsp3) is 0.0714. The van der Waals surface area contributed by atoms with Crippen molar-refractivity contribution in [2.75, 3.05) is 0 Å². The van der Waals surface area contributed by atoms with E-state index in [0.29, 0.717) is 0 Å². The van der Waals surface area contributed by atoms with Crippen LogP contribution in [-0.2, 0) is 4.43 Å². The lowest BCUT2D eigenvalue weighted by molar-refractivity contribution is 0.531. The summed E-state index contributed by atoms with van der Waals surface area (Å²) in [7, 11) is -2.78. The van der Waals surface area contributed by atoms with Crippen molar-refractivity contribution in [2.45, 2.75) is 13.3 Å². The Morgan fingerprint density at radius 1 is 0.600 bits per heavy atom. The minimum atomic E-state index is -2.78. The highest BCUT2D eigenvalue weighted by molar-refractivity contribution is 7.07. The predicted molar refractivity (Wildman–Crippen MR) is 130 cm³/mol. The molecular weight excluding hydrogens is 380 g/mol. The highest BCUT2D eigenvalue weighted by Crippen LogP contribution is 2.22. The minimum Gasteiger partial charge on any atom is -0.530 e. The topological polar surface area (TPSA) is 9.23 Å². The van der Waals surface area contributed by atoms with E-state index in [4.69, 9.17) is 4.43 Å². The van der Waals surface area contributed by atoms with Gasteiger partial charge in [0.2, 0.25) is 0 Å². The van der Waals surface area contributed by atoms with E-state index in [1.807, 2.05) is 6.07 Å². The van der Waals surface area contributed by atoms with Crippen molar-refractivity contribution in [1.82, 2.24) is 0 Å². The van der Waals surface area contributed by atoms with Crippen molar-refractivity contribution < 1.29 is 4.43 Å². The summed E-state index contributed by atoms with van der Waals surface area (Å²) in [5, 5.41) is 3.71. The molecule has 30 heavy (non-hydrogen) atoms. The second kappa shape index (κ2) is 9.42. The van der Waals surface area contributed by atoms with Gasteiger partial charge in [0.05, 0.1) is 0 Å². The first-order chi connectivity index (χ1) is 14.8. The van der Waals surface area contributed by atoms with Gasteiger partial charge < -0.3 is 4.43 Å². The van der Waals surface area contributed by atoms with Crippen LogP contribution in [0.5, 0.6) is 0 Å². The zero-order valence-electron chi connectivity index (χ0n) is 17.2. The molecule has 0 atom stereocenters. The van der Waals surface area contributed by atoms with Crippen molar-refractivity contribution >= 4 is 29.6 Å². The van der Waals surface area contributed by atoms with Crippen molar-refractivity contribution in [3.63, 3.8) is 0 Å². The van der Waals surface area contributed by atoms with Crippen LogP contribution >= 0.6 is 0 Å². The largest absolute Gasteiger partial charge is 0.530 e. The van der Waals surface area contributed by atoms with E-state index in [9.17, 15) is 0 Å². The molecule has 4 aromatic carbocycles. The average molecular weight is 407 g/mol. The Labute approximate surface area is 180 Å². The third-order valence-electron chi connectivity index (χ3n) is 5.25. The summed E-state index contributed by atoms with van der Waals surface area (Å²) in [6, 6.07) is 42.5. The molecule has 0 bridgehead atoms. The highest BCUT2D eigenvalue weighted by atomic mass is 28.4. The Bertz CT molecular complexity index is 978. The molecule has 0 saturated heterocycles. The molecule has 0 unspecified atom stereocenters. The fourth-order valence-corrected chi connectivity index (χ4v) is 7.74. The van der Waals surface area contributed by atoms with Crippen molar-refractivity contribution in [2.24, 2.45) is 0 Å². The summed E-state index contributed by atoms with van der Waals surface area (Å²) in [6.45, 7) is 2.16. The molecule has 2 heteroatoms. The first-order valence-corrected chi connectivity index (χ1v) is 12.4. The molecule has 0 spiro atoms. The maximum atomic E-state index is 7.22. The summed E-state index contributed by atoms with van der Waals surface area (Å²) in [6.07, 6.45) is 3.11. The van der Waals surface area contributed by atoms with Gasteiger partial charge in [-0.25, -0.2) is 0 Å². The number of allylic oxidation sites excluding steroid dienone is 1. The van der Waals surface area contributed by atoms with E-state index >= 15 is 0 Å². The second-order valence-electron chi connectivity index (χ2n) is 7.22. The first kappa shape index (κ1) is 19.9. The summed E-state index contributed by atoms with van der Waals surface area (Å²) >= 11 is 0. The van der Waals surface area contributed by atoms with Gasteiger partial charge in [-0.2, -0.15) is 0 Å². The van der Waals surface area contributed by atoms with Gasteiger partial charge in [-0.05, 0) is 28.1 Å². The summed E-state index contributed by atoms with van der Waals surface area (Å²) < 4.78 is 7.22. The predicted octanol–water partition coefficient (Wildman–Crippen LogP) is 5.12. The van der Waals surface area contributed by atoms with Gasteiger partial charge in [-0.1, -0.05) is 128 Å². The first-order valence-electron chi connectivity index (χ1n) is 10.5. The lowest BCUT2D eigenvalue weighted by atomic mass is 10.2. The molecule has 4 rings (SSSR count). The maximum absolute atomic E-state index is 7.22. The van der Waals surface area contributed by atoms with Crippen LogP contribution in [0.2, 0.25) is 0 Å². The molecule has 0 heterocycles. The van der Waals surface area contributed by atoms with Gasteiger partial charge in [0.1, 0.15) is 5.76 Å². The zero-order chi connectivity index (χ0) is 20.7. The summed E-state index contributed by atoms with van der Waals surface area (Å²) in [5.74, 6) is 0.946. The standard InChI is InChI=1S/C28H26OSi/c1-2-15-28(24-16-7-3-8-17-24)29-30(25-18-9-4-10-19-25,26-20-11-5-12-21-26)27-22-13-6-14-23-27/h3-23H,2H2,1H3/b28-15-. The van der Waals surface area contributed by atoms with Crippen LogP contribution in [0.15, 0.2) is 127 Å². The van der Waals surface area contributed by atoms with Crippen LogP contribution in [0.3, 0.4) is 0 Å². The van der Waals surface area contributed by atoms with E-state index < -0.39 is 8.32 Å². The second-order valence-corrected chi connectivity index (χ2v) is 10.5. The molecule has 1 nitrogen and oxygen atoms in total.